The monoisotopic (exact) mass is 230 g/mol. The highest BCUT2D eigenvalue weighted by Crippen LogP contribution is 2.43. The Morgan fingerprint density at radius 3 is 2.76 bits per heavy atom. The van der Waals surface area contributed by atoms with E-state index in [0.717, 1.165) is 12.8 Å². The number of ether oxygens (including phenoxy) is 1. The first-order valence-corrected chi connectivity index (χ1v) is 5.94. The van der Waals surface area contributed by atoms with Crippen molar-refractivity contribution in [1.29, 1.82) is 5.26 Å². The van der Waals surface area contributed by atoms with E-state index in [1.807, 2.05) is 0 Å². The maximum absolute atomic E-state index is 10.7. The van der Waals surface area contributed by atoms with Crippen molar-refractivity contribution in [2.24, 2.45) is 0 Å². The summed E-state index contributed by atoms with van der Waals surface area (Å²) in [6.07, 6.45) is 5.09. The van der Waals surface area contributed by atoms with E-state index in [-0.39, 0.29) is 12.2 Å². The quantitative estimate of drug-likeness (QED) is 0.793. The lowest BCUT2D eigenvalue weighted by molar-refractivity contribution is -0.117. The molecule has 17 heavy (non-hydrogen) atoms. The van der Waals surface area contributed by atoms with Crippen LogP contribution in [-0.4, -0.2) is 22.3 Å². The number of hydrogen-bond donors (Lipinski definition) is 1. The molecule has 1 N–H and O–H groups in total. The van der Waals surface area contributed by atoms with Gasteiger partial charge in [-0.15, -0.1) is 0 Å². The van der Waals surface area contributed by atoms with Gasteiger partial charge in [0.05, 0.1) is 29.5 Å². The first kappa shape index (κ1) is 10.7. The third-order valence-electron chi connectivity index (χ3n) is 3.69. The maximum Gasteiger partial charge on any atom is 0.111 e. The Morgan fingerprint density at radius 1 is 1.41 bits per heavy atom. The summed E-state index contributed by atoms with van der Waals surface area (Å²) in [5.74, 6) is 0. The van der Waals surface area contributed by atoms with Crippen molar-refractivity contribution in [2.45, 2.75) is 43.5 Å². The Bertz CT molecular complexity index is 469. The molecule has 1 aromatic rings. The normalized spacial score (nSPS) is 35.5. The molecule has 3 rings (SSSR count). The molecule has 4 nitrogen and oxygen atoms in total. The second kappa shape index (κ2) is 3.80. The number of pyridine rings is 1. The molecule has 0 saturated carbocycles. The molecule has 4 heteroatoms. The number of aromatic nitrogens is 1. The molecule has 0 amide bonds. The second-order valence-electron chi connectivity index (χ2n) is 4.94. The minimum atomic E-state index is -0.920. The average Bonchev–Trinajstić information content (AvgIpc) is 2.69. The standard InChI is InChI=1S/C13H14N2O2/c14-8-9-3-4-15-12(5-9)13(16)6-10-1-2-11(7-13)17-10/h3-5,10-11,16H,1-2,6-7H2. The SMILES string of the molecule is N#Cc1ccnc(C2(O)CC3CCC(C2)O3)c1. The molecule has 2 fully saturated rings. The topological polar surface area (TPSA) is 66.1 Å². The summed E-state index contributed by atoms with van der Waals surface area (Å²) >= 11 is 0. The summed E-state index contributed by atoms with van der Waals surface area (Å²) < 4.78 is 5.72. The summed E-state index contributed by atoms with van der Waals surface area (Å²) in [4.78, 5) is 4.22. The zero-order chi connectivity index (χ0) is 11.9. The van der Waals surface area contributed by atoms with Gasteiger partial charge in [0, 0.05) is 19.0 Å². The van der Waals surface area contributed by atoms with Crippen molar-refractivity contribution in [2.75, 3.05) is 0 Å². The Hall–Kier alpha value is -1.44. The van der Waals surface area contributed by atoms with Gasteiger partial charge in [0.2, 0.25) is 0 Å². The van der Waals surface area contributed by atoms with Crippen LogP contribution in [0.1, 0.15) is 36.9 Å². The van der Waals surface area contributed by atoms with Gasteiger partial charge < -0.3 is 9.84 Å². The number of nitrogens with zero attached hydrogens (tertiary/aromatic N) is 2. The highest BCUT2D eigenvalue weighted by atomic mass is 16.5. The van der Waals surface area contributed by atoms with Crippen molar-refractivity contribution in [3.05, 3.63) is 29.6 Å². The first-order chi connectivity index (χ1) is 8.19. The van der Waals surface area contributed by atoms with Crippen LogP contribution in [-0.2, 0) is 10.3 Å². The van der Waals surface area contributed by atoms with Gasteiger partial charge in [-0.05, 0) is 25.0 Å². The van der Waals surface area contributed by atoms with Crippen LogP contribution in [0.5, 0.6) is 0 Å². The van der Waals surface area contributed by atoms with Crippen LogP contribution in [0.4, 0.5) is 0 Å². The Kier molecular flexibility index (Phi) is 2.39. The fourth-order valence-electron chi connectivity index (χ4n) is 2.88. The van der Waals surface area contributed by atoms with Crippen molar-refractivity contribution in [3.63, 3.8) is 0 Å². The lowest BCUT2D eigenvalue weighted by Gasteiger charge is -2.35. The fraction of sp³-hybridized carbons (Fsp3) is 0.538. The van der Waals surface area contributed by atoms with Gasteiger partial charge in [0.15, 0.2) is 0 Å². The van der Waals surface area contributed by atoms with Crippen LogP contribution < -0.4 is 0 Å². The van der Waals surface area contributed by atoms with E-state index in [0.29, 0.717) is 24.1 Å². The molecule has 88 valence electrons. The zero-order valence-corrected chi connectivity index (χ0v) is 9.47. The van der Waals surface area contributed by atoms with Gasteiger partial charge in [0.25, 0.3) is 0 Å². The summed E-state index contributed by atoms with van der Waals surface area (Å²) in [7, 11) is 0. The molecule has 2 aliphatic rings. The van der Waals surface area contributed by atoms with E-state index in [4.69, 9.17) is 10.00 Å². The van der Waals surface area contributed by atoms with Crippen LogP contribution in [0.3, 0.4) is 0 Å². The minimum absolute atomic E-state index is 0.145. The molecule has 0 aliphatic carbocycles. The van der Waals surface area contributed by atoms with Crippen LogP contribution in [0, 0.1) is 11.3 Å². The third-order valence-corrected chi connectivity index (χ3v) is 3.69. The molecular weight excluding hydrogens is 216 g/mol. The lowest BCUT2D eigenvalue weighted by atomic mass is 9.86. The Balaban J connectivity index is 1.94. The van der Waals surface area contributed by atoms with Crippen LogP contribution in [0.15, 0.2) is 18.3 Å². The Morgan fingerprint density at radius 2 is 2.12 bits per heavy atom. The second-order valence-corrected chi connectivity index (χ2v) is 4.94. The zero-order valence-electron chi connectivity index (χ0n) is 9.47. The molecular formula is C13H14N2O2. The van der Waals surface area contributed by atoms with E-state index >= 15 is 0 Å². The van der Waals surface area contributed by atoms with Gasteiger partial charge in [-0.1, -0.05) is 0 Å². The van der Waals surface area contributed by atoms with Crippen molar-refractivity contribution in [1.82, 2.24) is 4.98 Å². The smallest absolute Gasteiger partial charge is 0.111 e. The molecule has 0 radical (unpaired) electrons. The molecule has 1 aromatic heterocycles. The molecule has 2 bridgehead atoms. The predicted molar refractivity (Wildman–Crippen MR) is 60.0 cm³/mol. The predicted octanol–water partition coefficient (Wildman–Crippen LogP) is 1.48. The summed E-state index contributed by atoms with van der Waals surface area (Å²) in [6.45, 7) is 0. The molecule has 2 saturated heterocycles. The van der Waals surface area contributed by atoms with Gasteiger partial charge in [-0.2, -0.15) is 5.26 Å². The average molecular weight is 230 g/mol. The molecule has 2 atom stereocenters. The summed E-state index contributed by atoms with van der Waals surface area (Å²) in [5, 5.41) is 19.6. The summed E-state index contributed by atoms with van der Waals surface area (Å²) in [6, 6.07) is 5.42. The Labute approximate surface area is 99.9 Å². The van der Waals surface area contributed by atoms with Crippen molar-refractivity contribution in [3.8, 4) is 6.07 Å². The van der Waals surface area contributed by atoms with Crippen molar-refractivity contribution < 1.29 is 9.84 Å². The van der Waals surface area contributed by atoms with E-state index in [2.05, 4.69) is 11.1 Å². The van der Waals surface area contributed by atoms with Gasteiger partial charge in [-0.3, -0.25) is 4.98 Å². The minimum Gasteiger partial charge on any atom is -0.383 e. The van der Waals surface area contributed by atoms with E-state index in [9.17, 15) is 5.11 Å². The highest BCUT2D eigenvalue weighted by molar-refractivity contribution is 5.31. The number of fused-ring (bicyclic) bond motifs is 2. The lowest BCUT2D eigenvalue weighted by Crippen LogP contribution is -2.39. The maximum atomic E-state index is 10.7. The highest BCUT2D eigenvalue weighted by Gasteiger charge is 2.45. The number of nitriles is 1. The van der Waals surface area contributed by atoms with Gasteiger partial charge in [-0.25, -0.2) is 0 Å². The first-order valence-electron chi connectivity index (χ1n) is 5.94. The van der Waals surface area contributed by atoms with E-state index < -0.39 is 5.60 Å². The molecule has 2 unspecified atom stereocenters. The molecule has 0 spiro atoms. The fourth-order valence-corrected chi connectivity index (χ4v) is 2.88. The van der Waals surface area contributed by atoms with Crippen LogP contribution >= 0.6 is 0 Å². The largest absolute Gasteiger partial charge is 0.383 e. The van der Waals surface area contributed by atoms with Crippen LogP contribution in [0.25, 0.3) is 0 Å². The third kappa shape index (κ3) is 1.82. The molecule has 2 aliphatic heterocycles. The van der Waals surface area contributed by atoms with Crippen LogP contribution in [0.2, 0.25) is 0 Å². The van der Waals surface area contributed by atoms with Gasteiger partial charge >= 0.3 is 0 Å². The van der Waals surface area contributed by atoms with Crippen molar-refractivity contribution >= 4 is 0 Å². The molecule has 0 aromatic carbocycles. The number of hydrogen-bond acceptors (Lipinski definition) is 4. The van der Waals surface area contributed by atoms with E-state index in [1.54, 1.807) is 18.3 Å². The summed E-state index contributed by atoms with van der Waals surface area (Å²) in [5.41, 5.74) is 0.232. The number of rotatable bonds is 1. The van der Waals surface area contributed by atoms with Gasteiger partial charge in [0.1, 0.15) is 5.60 Å². The molecule has 3 heterocycles. The number of aliphatic hydroxyl groups is 1. The van der Waals surface area contributed by atoms with E-state index in [1.165, 1.54) is 0 Å².